The van der Waals surface area contributed by atoms with E-state index in [-0.39, 0.29) is 16.4 Å². The fraction of sp³-hybridized carbons (Fsp3) is 0.167. The van der Waals surface area contributed by atoms with Gasteiger partial charge in [0.1, 0.15) is 27.7 Å². The normalized spacial score (nSPS) is 18.4. The minimum Gasteiger partial charge on any atom is -0.465 e. The van der Waals surface area contributed by atoms with Crippen LogP contribution in [0.1, 0.15) is 0 Å². The maximum Gasteiger partial charge on any atom is 0.348 e. The van der Waals surface area contributed by atoms with Gasteiger partial charge in [0.05, 0.1) is 12.8 Å². The molecule has 20 heavy (non-hydrogen) atoms. The van der Waals surface area contributed by atoms with Crippen LogP contribution in [0.5, 0.6) is 0 Å². The fourth-order valence-corrected chi connectivity index (χ4v) is 3.07. The molecule has 0 fully saturated rings. The van der Waals surface area contributed by atoms with Crippen LogP contribution < -0.4 is 10.6 Å². The lowest BCUT2D eigenvalue weighted by atomic mass is 10.2. The number of esters is 1. The maximum atomic E-state index is 13.9. The molecule has 1 aliphatic rings. The molecule has 0 aliphatic carbocycles. The largest absolute Gasteiger partial charge is 0.465 e. The highest BCUT2D eigenvalue weighted by atomic mass is 32.2. The van der Waals surface area contributed by atoms with Crippen LogP contribution in [0.15, 0.2) is 28.9 Å². The molecule has 106 valence electrons. The molecule has 8 heteroatoms. The Morgan fingerprint density at radius 2 is 2.25 bits per heavy atom. The van der Waals surface area contributed by atoms with Crippen molar-refractivity contribution in [3.8, 4) is 0 Å². The minimum atomic E-state index is -0.790. The van der Waals surface area contributed by atoms with Crippen molar-refractivity contribution >= 4 is 41.0 Å². The summed E-state index contributed by atoms with van der Waals surface area (Å²) >= 11 is 5.92. The first-order valence-electron chi connectivity index (χ1n) is 5.44. The Hall–Kier alpha value is -1.67. The molecule has 0 aromatic heterocycles. The molecular weight excluding hydrogens is 306 g/mol. The van der Waals surface area contributed by atoms with Crippen molar-refractivity contribution in [3.63, 3.8) is 0 Å². The summed E-state index contributed by atoms with van der Waals surface area (Å²) in [5.41, 5.74) is 5.90. The Balaban J connectivity index is 2.49. The Bertz CT molecular complexity index is 607. The number of hydrogen-bond acceptors (Lipinski definition) is 6. The molecule has 0 saturated heterocycles. The first-order chi connectivity index (χ1) is 9.49. The first-order valence-corrected chi connectivity index (χ1v) is 6.79. The number of ether oxygens (including phenoxy) is 1. The number of carbonyl (C=O) groups is 1. The van der Waals surface area contributed by atoms with Crippen LogP contribution in [0.2, 0.25) is 0 Å². The average Bonchev–Trinajstić information content (AvgIpc) is 2.75. The Kier molecular flexibility index (Phi) is 4.24. The van der Waals surface area contributed by atoms with Gasteiger partial charge in [0.15, 0.2) is 0 Å². The molecule has 0 radical (unpaired) electrons. The van der Waals surface area contributed by atoms with Crippen LogP contribution >= 0.6 is 24.0 Å². The summed E-state index contributed by atoms with van der Waals surface area (Å²) in [6.45, 7) is 0. The van der Waals surface area contributed by atoms with Crippen molar-refractivity contribution < 1.29 is 18.3 Å². The van der Waals surface area contributed by atoms with Gasteiger partial charge in [-0.3, -0.25) is 0 Å². The van der Waals surface area contributed by atoms with Gasteiger partial charge in [0.2, 0.25) is 0 Å². The highest BCUT2D eigenvalue weighted by Gasteiger charge is 2.36. The molecule has 0 saturated carbocycles. The summed E-state index contributed by atoms with van der Waals surface area (Å²) in [6, 6.07) is 3.08. The van der Waals surface area contributed by atoms with Gasteiger partial charge in [-0.05, 0) is 12.1 Å². The van der Waals surface area contributed by atoms with Crippen LogP contribution in [0, 0.1) is 11.6 Å². The average molecular weight is 316 g/mol. The summed E-state index contributed by atoms with van der Waals surface area (Å²) < 4.78 is 31.4. The van der Waals surface area contributed by atoms with E-state index in [1.807, 2.05) is 0 Å². The SMILES string of the molecule is COC(=O)C1=C(N)N(c2ccc(F)cc2F)C(C=S)S1. The summed E-state index contributed by atoms with van der Waals surface area (Å²) in [6.07, 6.45) is 0. The number of hydrogen-bond donors (Lipinski definition) is 1. The monoisotopic (exact) mass is 316 g/mol. The number of carbonyl (C=O) groups excluding carboxylic acids is 1. The van der Waals surface area contributed by atoms with E-state index in [0.29, 0.717) is 0 Å². The third-order valence-electron chi connectivity index (χ3n) is 2.64. The van der Waals surface area contributed by atoms with Crippen LogP contribution in [0.3, 0.4) is 0 Å². The zero-order chi connectivity index (χ0) is 14.9. The van der Waals surface area contributed by atoms with Crippen LogP contribution in [-0.4, -0.2) is 23.8 Å². The van der Waals surface area contributed by atoms with Gasteiger partial charge in [-0.1, -0.05) is 24.0 Å². The highest BCUT2D eigenvalue weighted by Crippen LogP contribution is 2.40. The van der Waals surface area contributed by atoms with E-state index in [1.165, 1.54) is 23.4 Å². The van der Waals surface area contributed by atoms with E-state index in [9.17, 15) is 13.6 Å². The summed E-state index contributed by atoms with van der Waals surface area (Å²) in [5, 5.41) is 0.801. The number of thioether (sulfide) groups is 1. The zero-order valence-corrected chi connectivity index (χ0v) is 11.9. The van der Waals surface area contributed by atoms with Crippen LogP contribution in [0.4, 0.5) is 14.5 Å². The van der Waals surface area contributed by atoms with Crippen molar-refractivity contribution in [2.45, 2.75) is 5.37 Å². The molecule has 4 nitrogen and oxygen atoms in total. The molecule has 2 N–H and O–H groups in total. The number of benzene rings is 1. The lowest BCUT2D eigenvalue weighted by Gasteiger charge is -2.24. The molecule has 1 aliphatic heterocycles. The Labute approximate surface area is 123 Å². The third-order valence-corrected chi connectivity index (χ3v) is 4.27. The predicted molar refractivity (Wildman–Crippen MR) is 77.1 cm³/mol. The number of methoxy groups -OCH3 is 1. The molecule has 1 atom stereocenters. The van der Waals surface area contributed by atoms with E-state index in [2.05, 4.69) is 4.74 Å². The number of nitrogens with zero attached hydrogens (tertiary/aromatic N) is 1. The molecule has 1 unspecified atom stereocenters. The van der Waals surface area contributed by atoms with E-state index in [4.69, 9.17) is 18.0 Å². The van der Waals surface area contributed by atoms with Crippen LogP contribution in [0.25, 0.3) is 0 Å². The topological polar surface area (TPSA) is 55.6 Å². The van der Waals surface area contributed by atoms with E-state index in [1.54, 1.807) is 0 Å². The van der Waals surface area contributed by atoms with Crippen molar-refractivity contribution in [2.75, 3.05) is 12.0 Å². The molecule has 0 spiro atoms. The quantitative estimate of drug-likeness (QED) is 0.681. The van der Waals surface area contributed by atoms with Gasteiger partial charge in [0, 0.05) is 11.4 Å². The standard InChI is InChI=1S/C12H10F2N2O2S2/c1-18-12(17)10-11(15)16(9(5-19)20-10)8-3-2-6(13)4-7(8)14/h2-5,9H,15H2,1H3. The molecular formula is C12H10F2N2O2S2. The third kappa shape index (κ3) is 2.48. The van der Waals surface area contributed by atoms with Gasteiger partial charge in [0.25, 0.3) is 0 Å². The molecule has 0 bridgehead atoms. The lowest BCUT2D eigenvalue weighted by molar-refractivity contribution is -0.135. The number of rotatable bonds is 3. The van der Waals surface area contributed by atoms with Gasteiger partial charge in [-0.2, -0.15) is 0 Å². The Morgan fingerprint density at radius 3 is 2.80 bits per heavy atom. The summed E-state index contributed by atoms with van der Waals surface area (Å²) in [7, 11) is 1.22. The van der Waals surface area contributed by atoms with Gasteiger partial charge < -0.3 is 15.4 Å². The predicted octanol–water partition coefficient (Wildman–Crippen LogP) is 2.14. The Morgan fingerprint density at radius 1 is 1.55 bits per heavy atom. The van der Waals surface area contributed by atoms with E-state index in [0.717, 1.165) is 23.9 Å². The van der Waals surface area contributed by atoms with Gasteiger partial charge in [-0.25, -0.2) is 13.6 Å². The molecule has 1 heterocycles. The second-order valence-electron chi connectivity index (χ2n) is 3.82. The second kappa shape index (κ2) is 5.76. The highest BCUT2D eigenvalue weighted by molar-refractivity contribution is 8.06. The second-order valence-corrected chi connectivity index (χ2v) is 5.22. The number of nitrogens with two attached hydrogens (primary N) is 1. The van der Waals surface area contributed by atoms with Crippen molar-refractivity contribution in [3.05, 3.63) is 40.6 Å². The van der Waals surface area contributed by atoms with E-state index >= 15 is 0 Å². The van der Waals surface area contributed by atoms with E-state index < -0.39 is 23.0 Å². The van der Waals surface area contributed by atoms with Gasteiger partial charge in [-0.15, -0.1) is 0 Å². The molecule has 1 aromatic rings. The summed E-state index contributed by atoms with van der Waals surface area (Å²) in [5.74, 6) is -2.09. The minimum absolute atomic E-state index is 0.0264. The number of anilines is 1. The first kappa shape index (κ1) is 14.7. The van der Waals surface area contributed by atoms with Crippen molar-refractivity contribution in [1.29, 1.82) is 0 Å². The maximum absolute atomic E-state index is 13.9. The number of halogens is 2. The molecule has 2 rings (SSSR count). The molecule has 1 aromatic carbocycles. The smallest absolute Gasteiger partial charge is 0.348 e. The van der Waals surface area contributed by atoms with Crippen molar-refractivity contribution in [2.24, 2.45) is 5.73 Å². The fourth-order valence-electron chi connectivity index (χ4n) is 1.76. The van der Waals surface area contributed by atoms with Crippen molar-refractivity contribution in [1.82, 2.24) is 0 Å². The number of thiocarbonyl (C=S) groups is 1. The summed E-state index contributed by atoms with van der Waals surface area (Å²) in [4.78, 5) is 13.1. The zero-order valence-electron chi connectivity index (χ0n) is 10.3. The lowest BCUT2D eigenvalue weighted by Crippen LogP contribution is -2.33. The molecule has 0 amide bonds. The van der Waals surface area contributed by atoms with Gasteiger partial charge >= 0.3 is 5.97 Å². The van der Waals surface area contributed by atoms with Crippen LogP contribution in [-0.2, 0) is 9.53 Å².